The van der Waals surface area contributed by atoms with Crippen molar-refractivity contribution in [3.8, 4) is 0 Å². The monoisotopic (exact) mass is 246 g/mol. The highest BCUT2D eigenvalue weighted by molar-refractivity contribution is 5.54. The van der Waals surface area contributed by atoms with Crippen molar-refractivity contribution in [1.82, 2.24) is 4.90 Å². The van der Waals surface area contributed by atoms with E-state index < -0.39 is 0 Å². The molecule has 1 heterocycles. The van der Waals surface area contributed by atoms with Gasteiger partial charge >= 0.3 is 0 Å². The van der Waals surface area contributed by atoms with Gasteiger partial charge in [-0.3, -0.25) is 4.90 Å². The summed E-state index contributed by atoms with van der Waals surface area (Å²) in [7, 11) is 0. The molecule has 2 heteroatoms. The smallest absolute Gasteiger partial charge is 0.0372 e. The fourth-order valence-electron chi connectivity index (χ4n) is 2.71. The van der Waals surface area contributed by atoms with E-state index in [4.69, 9.17) is 0 Å². The van der Waals surface area contributed by atoms with Crippen LogP contribution in [0.3, 0.4) is 0 Å². The van der Waals surface area contributed by atoms with Crippen molar-refractivity contribution in [2.75, 3.05) is 25.0 Å². The third-order valence-electron chi connectivity index (χ3n) is 3.58. The van der Waals surface area contributed by atoms with Gasteiger partial charge in [-0.05, 0) is 42.5 Å². The number of rotatable bonds is 5. The van der Waals surface area contributed by atoms with Gasteiger partial charge in [-0.2, -0.15) is 0 Å². The predicted octanol–water partition coefficient (Wildman–Crippen LogP) is 3.52. The fraction of sp³-hybridized carbons (Fsp3) is 0.625. The SMILES string of the molecule is CCN(Cc1ccc2c(c1)CCCN2)CC(C)C. The summed E-state index contributed by atoms with van der Waals surface area (Å²) in [4.78, 5) is 2.53. The lowest BCUT2D eigenvalue weighted by molar-refractivity contribution is 0.248. The number of anilines is 1. The second-order valence-corrected chi connectivity index (χ2v) is 5.74. The third kappa shape index (κ3) is 3.49. The zero-order valence-corrected chi connectivity index (χ0v) is 12.0. The highest BCUT2D eigenvalue weighted by atomic mass is 15.1. The van der Waals surface area contributed by atoms with Gasteiger partial charge in [0, 0.05) is 25.3 Å². The van der Waals surface area contributed by atoms with Gasteiger partial charge in [0.05, 0.1) is 0 Å². The van der Waals surface area contributed by atoms with Crippen molar-refractivity contribution in [1.29, 1.82) is 0 Å². The summed E-state index contributed by atoms with van der Waals surface area (Å²) in [6.45, 7) is 11.4. The van der Waals surface area contributed by atoms with Crippen molar-refractivity contribution in [3.05, 3.63) is 29.3 Å². The minimum atomic E-state index is 0.740. The standard InChI is InChI=1S/C16H26N2/c1-4-18(11-13(2)3)12-14-7-8-16-15(10-14)6-5-9-17-16/h7-8,10,13,17H,4-6,9,11-12H2,1-3H3. The lowest BCUT2D eigenvalue weighted by Gasteiger charge is -2.24. The number of nitrogens with one attached hydrogen (secondary N) is 1. The van der Waals surface area contributed by atoms with Crippen LogP contribution in [0.4, 0.5) is 5.69 Å². The molecular formula is C16H26N2. The molecule has 0 amide bonds. The summed E-state index contributed by atoms with van der Waals surface area (Å²) in [6, 6.07) is 6.93. The van der Waals surface area contributed by atoms with E-state index in [9.17, 15) is 0 Å². The minimum absolute atomic E-state index is 0.740. The molecule has 0 atom stereocenters. The minimum Gasteiger partial charge on any atom is -0.385 e. The Morgan fingerprint density at radius 1 is 1.33 bits per heavy atom. The molecule has 0 aromatic heterocycles. The number of hydrogen-bond donors (Lipinski definition) is 1. The maximum Gasteiger partial charge on any atom is 0.0372 e. The molecule has 0 unspecified atom stereocenters. The summed E-state index contributed by atoms with van der Waals surface area (Å²) in [5.41, 5.74) is 4.30. The van der Waals surface area contributed by atoms with E-state index in [1.807, 2.05) is 0 Å². The molecule has 0 fully saturated rings. The second-order valence-electron chi connectivity index (χ2n) is 5.74. The van der Waals surface area contributed by atoms with Crippen molar-refractivity contribution < 1.29 is 0 Å². The molecule has 2 rings (SSSR count). The normalized spacial score (nSPS) is 14.7. The molecule has 1 aliphatic heterocycles. The zero-order valence-electron chi connectivity index (χ0n) is 12.0. The van der Waals surface area contributed by atoms with E-state index in [-0.39, 0.29) is 0 Å². The molecule has 0 bridgehead atoms. The van der Waals surface area contributed by atoms with E-state index in [0.29, 0.717) is 0 Å². The lowest BCUT2D eigenvalue weighted by Crippen LogP contribution is -2.27. The van der Waals surface area contributed by atoms with Crippen LogP contribution in [0.1, 0.15) is 38.3 Å². The fourth-order valence-corrected chi connectivity index (χ4v) is 2.71. The van der Waals surface area contributed by atoms with Gasteiger partial charge in [0.25, 0.3) is 0 Å². The first-order valence-corrected chi connectivity index (χ1v) is 7.27. The molecule has 1 aromatic rings. The summed E-state index contributed by atoms with van der Waals surface area (Å²) in [5.74, 6) is 0.740. The van der Waals surface area contributed by atoms with Crippen LogP contribution in [0.15, 0.2) is 18.2 Å². The molecule has 0 radical (unpaired) electrons. The molecule has 0 aliphatic carbocycles. The number of aryl methyl sites for hydroxylation is 1. The quantitative estimate of drug-likeness (QED) is 0.855. The number of nitrogens with zero attached hydrogens (tertiary/aromatic N) is 1. The van der Waals surface area contributed by atoms with Crippen LogP contribution >= 0.6 is 0 Å². The van der Waals surface area contributed by atoms with Crippen molar-refractivity contribution in [2.24, 2.45) is 5.92 Å². The Morgan fingerprint density at radius 2 is 2.17 bits per heavy atom. The van der Waals surface area contributed by atoms with Gasteiger partial charge < -0.3 is 5.32 Å². The first-order chi connectivity index (χ1) is 8.69. The van der Waals surface area contributed by atoms with Gasteiger partial charge in [0.2, 0.25) is 0 Å². The molecule has 0 saturated carbocycles. The first-order valence-electron chi connectivity index (χ1n) is 7.27. The molecule has 1 aromatic carbocycles. The Hall–Kier alpha value is -1.02. The molecule has 0 saturated heterocycles. The van der Waals surface area contributed by atoms with E-state index >= 15 is 0 Å². The second kappa shape index (κ2) is 6.24. The van der Waals surface area contributed by atoms with Crippen LogP contribution in [0.25, 0.3) is 0 Å². The Labute approximate surface area is 111 Å². The molecule has 0 spiro atoms. The van der Waals surface area contributed by atoms with Crippen molar-refractivity contribution >= 4 is 5.69 Å². The van der Waals surface area contributed by atoms with E-state index in [0.717, 1.165) is 25.6 Å². The molecule has 2 nitrogen and oxygen atoms in total. The predicted molar refractivity (Wildman–Crippen MR) is 79.0 cm³/mol. The van der Waals surface area contributed by atoms with Crippen LogP contribution in [0.2, 0.25) is 0 Å². The summed E-state index contributed by atoms with van der Waals surface area (Å²) in [6.07, 6.45) is 2.49. The van der Waals surface area contributed by atoms with Gasteiger partial charge in [-0.25, -0.2) is 0 Å². The van der Waals surface area contributed by atoms with Crippen molar-refractivity contribution in [2.45, 2.75) is 40.2 Å². The average molecular weight is 246 g/mol. The zero-order chi connectivity index (χ0) is 13.0. The number of benzene rings is 1. The molecular weight excluding hydrogens is 220 g/mol. The van der Waals surface area contributed by atoms with Gasteiger partial charge in [0.1, 0.15) is 0 Å². The Balaban J connectivity index is 2.04. The van der Waals surface area contributed by atoms with E-state index in [2.05, 4.69) is 49.2 Å². The summed E-state index contributed by atoms with van der Waals surface area (Å²) in [5, 5.41) is 3.48. The molecule has 100 valence electrons. The average Bonchev–Trinajstić information content (AvgIpc) is 2.37. The van der Waals surface area contributed by atoms with E-state index in [1.165, 1.54) is 36.2 Å². The van der Waals surface area contributed by atoms with Crippen LogP contribution < -0.4 is 5.32 Å². The highest BCUT2D eigenvalue weighted by Gasteiger charge is 2.11. The number of fused-ring (bicyclic) bond motifs is 1. The summed E-state index contributed by atoms with van der Waals surface area (Å²) < 4.78 is 0. The largest absolute Gasteiger partial charge is 0.385 e. The lowest BCUT2D eigenvalue weighted by atomic mass is 10.0. The third-order valence-corrected chi connectivity index (χ3v) is 3.58. The number of hydrogen-bond acceptors (Lipinski definition) is 2. The van der Waals surface area contributed by atoms with Crippen molar-refractivity contribution in [3.63, 3.8) is 0 Å². The van der Waals surface area contributed by atoms with Crippen LogP contribution in [-0.4, -0.2) is 24.5 Å². The van der Waals surface area contributed by atoms with E-state index in [1.54, 1.807) is 0 Å². The van der Waals surface area contributed by atoms with Crippen LogP contribution in [-0.2, 0) is 13.0 Å². The van der Waals surface area contributed by atoms with Gasteiger partial charge in [0.15, 0.2) is 0 Å². The first kappa shape index (κ1) is 13.4. The van der Waals surface area contributed by atoms with Crippen LogP contribution in [0, 0.1) is 5.92 Å². The van der Waals surface area contributed by atoms with Crippen LogP contribution in [0.5, 0.6) is 0 Å². The molecule has 18 heavy (non-hydrogen) atoms. The Morgan fingerprint density at radius 3 is 2.89 bits per heavy atom. The van der Waals surface area contributed by atoms with Gasteiger partial charge in [-0.15, -0.1) is 0 Å². The molecule has 1 N–H and O–H groups in total. The maximum atomic E-state index is 3.48. The Kier molecular flexibility index (Phi) is 4.65. The Bertz CT molecular complexity index is 385. The summed E-state index contributed by atoms with van der Waals surface area (Å²) >= 11 is 0. The van der Waals surface area contributed by atoms with Gasteiger partial charge in [-0.1, -0.05) is 32.9 Å². The maximum absolute atomic E-state index is 3.48. The molecule has 1 aliphatic rings. The topological polar surface area (TPSA) is 15.3 Å². The highest BCUT2D eigenvalue weighted by Crippen LogP contribution is 2.23.